The molecule has 0 radical (unpaired) electrons. The number of rotatable bonds is 3. The predicted molar refractivity (Wildman–Crippen MR) is 75.1 cm³/mol. The van der Waals surface area contributed by atoms with Gasteiger partial charge in [0.25, 0.3) is 0 Å². The highest BCUT2D eigenvalue weighted by atomic mass is 79.9. The smallest absolute Gasteiger partial charge is 0.150 e. The predicted octanol–water partition coefficient (Wildman–Crippen LogP) is 4.63. The van der Waals surface area contributed by atoms with Gasteiger partial charge in [0.2, 0.25) is 0 Å². The quantitative estimate of drug-likeness (QED) is 0.893. The van der Waals surface area contributed by atoms with Crippen LogP contribution in [0.1, 0.15) is 16.5 Å². The van der Waals surface area contributed by atoms with Crippen molar-refractivity contribution >= 4 is 33.0 Å². The van der Waals surface area contributed by atoms with Gasteiger partial charge >= 0.3 is 0 Å². The van der Waals surface area contributed by atoms with E-state index in [9.17, 15) is 9.65 Å². The lowest BCUT2D eigenvalue weighted by Gasteiger charge is -2.12. The molecule has 1 atom stereocenters. The molecule has 0 aliphatic carbocycles. The normalized spacial score (nSPS) is 11.9. The monoisotopic (exact) mass is 324 g/mol. The summed E-state index contributed by atoms with van der Waals surface area (Å²) in [6.07, 6.45) is 0. The maximum Gasteiger partial charge on any atom is 0.150 e. The zero-order valence-electron chi connectivity index (χ0n) is 9.58. The van der Waals surface area contributed by atoms with Crippen molar-refractivity contribution < 1.29 is 4.39 Å². The van der Waals surface area contributed by atoms with Crippen LogP contribution >= 0.6 is 27.3 Å². The van der Waals surface area contributed by atoms with Crippen LogP contribution in [-0.4, -0.2) is 0 Å². The van der Waals surface area contributed by atoms with Crippen LogP contribution in [-0.2, 0) is 0 Å². The first-order valence-corrected chi connectivity index (χ1v) is 6.93. The molecule has 5 heteroatoms. The number of hydrogen-bond donors (Lipinski definition) is 1. The Kier molecular flexibility index (Phi) is 4.00. The van der Waals surface area contributed by atoms with Crippen LogP contribution in [0.2, 0.25) is 0 Å². The van der Waals surface area contributed by atoms with Crippen LogP contribution in [0.25, 0.3) is 0 Å². The van der Waals surface area contributed by atoms with Crippen molar-refractivity contribution in [3.63, 3.8) is 0 Å². The molecule has 1 aromatic carbocycles. The second kappa shape index (κ2) is 5.51. The molecule has 2 aromatic rings. The van der Waals surface area contributed by atoms with E-state index in [1.165, 1.54) is 23.5 Å². The van der Waals surface area contributed by atoms with Gasteiger partial charge in [-0.2, -0.15) is 5.26 Å². The van der Waals surface area contributed by atoms with E-state index < -0.39 is 6.04 Å². The highest BCUT2D eigenvalue weighted by Gasteiger charge is 2.15. The molecule has 92 valence electrons. The Balaban J connectivity index is 2.27. The van der Waals surface area contributed by atoms with Gasteiger partial charge in [0.1, 0.15) is 5.82 Å². The molecule has 0 amide bonds. The summed E-state index contributed by atoms with van der Waals surface area (Å²) in [4.78, 5) is 0.888. The van der Waals surface area contributed by atoms with Crippen molar-refractivity contribution in [1.82, 2.24) is 0 Å². The highest BCUT2D eigenvalue weighted by Crippen LogP contribution is 2.31. The van der Waals surface area contributed by atoms with Crippen LogP contribution < -0.4 is 5.32 Å². The minimum absolute atomic E-state index is 0.306. The van der Waals surface area contributed by atoms with E-state index in [1.54, 1.807) is 0 Å². The first-order chi connectivity index (χ1) is 8.60. The van der Waals surface area contributed by atoms with E-state index in [0.29, 0.717) is 5.69 Å². The van der Waals surface area contributed by atoms with Gasteiger partial charge in [-0.15, -0.1) is 11.3 Å². The molecule has 1 N–H and O–H groups in total. The second-order valence-electron chi connectivity index (χ2n) is 3.86. The summed E-state index contributed by atoms with van der Waals surface area (Å²) in [6.45, 7) is 1.82. The zero-order valence-corrected chi connectivity index (χ0v) is 12.0. The lowest BCUT2D eigenvalue weighted by molar-refractivity contribution is 0.627. The van der Waals surface area contributed by atoms with Gasteiger partial charge in [-0.3, -0.25) is 0 Å². The van der Waals surface area contributed by atoms with Crippen molar-refractivity contribution in [2.24, 2.45) is 0 Å². The van der Waals surface area contributed by atoms with E-state index in [0.717, 1.165) is 14.9 Å². The average molecular weight is 325 g/mol. The molecule has 1 unspecified atom stereocenters. The Morgan fingerprint density at radius 3 is 2.78 bits per heavy atom. The molecule has 2 nitrogen and oxygen atoms in total. The molecule has 0 saturated heterocycles. The first kappa shape index (κ1) is 13.1. The molecule has 0 fully saturated rings. The number of hydrogen-bond acceptors (Lipinski definition) is 3. The fourth-order valence-corrected chi connectivity index (χ4v) is 3.25. The van der Waals surface area contributed by atoms with E-state index in [4.69, 9.17) is 0 Å². The van der Waals surface area contributed by atoms with E-state index >= 15 is 0 Å². The lowest BCUT2D eigenvalue weighted by Crippen LogP contribution is -2.07. The summed E-state index contributed by atoms with van der Waals surface area (Å²) in [5.41, 5.74) is 1.43. The molecule has 0 aliphatic rings. The Labute approximate surface area is 117 Å². The van der Waals surface area contributed by atoms with Crippen LogP contribution in [0.15, 0.2) is 34.1 Å². The fraction of sp³-hybridized carbons (Fsp3) is 0.154. The van der Waals surface area contributed by atoms with Gasteiger partial charge in [0.15, 0.2) is 6.04 Å². The lowest BCUT2D eigenvalue weighted by atomic mass is 10.2. The summed E-state index contributed by atoms with van der Waals surface area (Å²) < 4.78 is 14.2. The third-order valence-electron chi connectivity index (χ3n) is 2.39. The summed E-state index contributed by atoms with van der Waals surface area (Å²) in [6, 6.07) is 8.24. The van der Waals surface area contributed by atoms with Gasteiger partial charge in [0, 0.05) is 10.2 Å². The van der Waals surface area contributed by atoms with Crippen LogP contribution in [0, 0.1) is 24.1 Å². The van der Waals surface area contributed by atoms with Crippen molar-refractivity contribution in [2.75, 3.05) is 5.32 Å². The summed E-state index contributed by atoms with van der Waals surface area (Å²) in [7, 11) is 0. The number of benzene rings is 1. The molecule has 0 saturated carbocycles. The van der Waals surface area contributed by atoms with E-state index in [2.05, 4.69) is 27.3 Å². The maximum absolute atomic E-state index is 13.3. The number of thiophene rings is 1. The molecule has 1 heterocycles. The number of nitriles is 1. The minimum atomic E-state index is -0.486. The molecule has 0 aliphatic heterocycles. The zero-order chi connectivity index (χ0) is 13.1. The third kappa shape index (κ3) is 2.89. The van der Waals surface area contributed by atoms with Crippen molar-refractivity contribution in [2.45, 2.75) is 13.0 Å². The molecule has 0 bridgehead atoms. The standard InChI is InChI=1S/C13H10BrFN2S/c1-8-4-9(15)6-10(5-8)17-12(7-16)13-11(14)2-3-18-13/h2-6,12,17H,1H3. The van der Waals surface area contributed by atoms with Gasteiger partial charge in [-0.25, -0.2) is 4.39 Å². The number of halogens is 2. The molecule has 0 spiro atoms. The minimum Gasteiger partial charge on any atom is -0.365 e. The van der Waals surface area contributed by atoms with E-state index in [1.807, 2.05) is 24.4 Å². The number of nitrogens with one attached hydrogen (secondary N) is 1. The highest BCUT2D eigenvalue weighted by molar-refractivity contribution is 9.10. The second-order valence-corrected chi connectivity index (χ2v) is 5.66. The van der Waals surface area contributed by atoms with Crippen LogP contribution in [0.4, 0.5) is 10.1 Å². The third-order valence-corrected chi connectivity index (χ3v) is 4.32. The van der Waals surface area contributed by atoms with Crippen molar-refractivity contribution in [1.29, 1.82) is 5.26 Å². The topological polar surface area (TPSA) is 35.8 Å². The summed E-state index contributed by atoms with van der Waals surface area (Å²) in [5.74, 6) is -0.306. The Morgan fingerprint density at radius 2 is 2.22 bits per heavy atom. The summed E-state index contributed by atoms with van der Waals surface area (Å²) >= 11 is 4.88. The molecule has 1 aromatic heterocycles. The van der Waals surface area contributed by atoms with Crippen LogP contribution in [0.3, 0.4) is 0 Å². The van der Waals surface area contributed by atoms with Gasteiger partial charge in [0.05, 0.1) is 10.9 Å². The Morgan fingerprint density at radius 1 is 1.44 bits per heavy atom. The van der Waals surface area contributed by atoms with E-state index in [-0.39, 0.29) is 5.82 Å². The number of aryl methyl sites for hydroxylation is 1. The largest absolute Gasteiger partial charge is 0.365 e. The van der Waals surface area contributed by atoms with Crippen LogP contribution in [0.5, 0.6) is 0 Å². The Hall–Kier alpha value is -1.38. The number of anilines is 1. The van der Waals surface area contributed by atoms with Gasteiger partial charge < -0.3 is 5.32 Å². The SMILES string of the molecule is Cc1cc(F)cc(NC(C#N)c2sccc2Br)c1. The van der Waals surface area contributed by atoms with Gasteiger partial charge in [-0.1, -0.05) is 0 Å². The number of nitrogens with zero attached hydrogens (tertiary/aromatic N) is 1. The fourth-order valence-electron chi connectivity index (χ4n) is 1.65. The van der Waals surface area contributed by atoms with Crippen molar-refractivity contribution in [3.8, 4) is 6.07 Å². The molecule has 18 heavy (non-hydrogen) atoms. The first-order valence-electron chi connectivity index (χ1n) is 5.26. The Bertz CT molecular complexity index is 583. The van der Waals surface area contributed by atoms with Gasteiger partial charge in [-0.05, 0) is 58.1 Å². The molecule has 2 rings (SSSR count). The summed E-state index contributed by atoms with van der Waals surface area (Å²) in [5, 5.41) is 14.1. The maximum atomic E-state index is 13.3. The van der Waals surface area contributed by atoms with Crippen molar-refractivity contribution in [3.05, 3.63) is 50.4 Å². The molecular weight excluding hydrogens is 315 g/mol. The molecular formula is C13H10BrFN2S. The average Bonchev–Trinajstić information content (AvgIpc) is 2.71.